The summed E-state index contributed by atoms with van der Waals surface area (Å²) in [6.07, 6.45) is -0.912. The highest BCUT2D eigenvalue weighted by atomic mass is 31.1. The molecule has 0 amide bonds. The molecule has 7 heteroatoms. The molecular formula is C3H5O6P. The van der Waals surface area contributed by atoms with Gasteiger partial charge in [0.05, 0.1) is 0 Å². The van der Waals surface area contributed by atoms with Gasteiger partial charge in [-0.25, -0.2) is 13.9 Å². The summed E-state index contributed by atoms with van der Waals surface area (Å²) in [5, 5.41) is 7.81. The van der Waals surface area contributed by atoms with Gasteiger partial charge in [0.1, 0.15) is 6.16 Å². The van der Waals surface area contributed by atoms with E-state index in [0.29, 0.717) is 0 Å². The van der Waals surface area contributed by atoms with Gasteiger partial charge in [0.15, 0.2) is 0 Å². The zero-order valence-electron chi connectivity index (χ0n) is 4.73. The molecule has 58 valence electrons. The molecule has 0 heterocycles. The Bertz CT molecular complexity index is 195. The SMILES string of the molecule is O.O=C(O)C(=O)CP(=O)=O. The second-order valence-corrected chi connectivity index (χ2v) is 2.20. The molecule has 0 aromatic carbocycles. The maximum atomic E-state index is 9.97. The van der Waals surface area contributed by atoms with Gasteiger partial charge in [-0.05, 0) is 0 Å². The van der Waals surface area contributed by atoms with Gasteiger partial charge in [-0.2, -0.15) is 0 Å². The molecule has 0 atom stereocenters. The van der Waals surface area contributed by atoms with E-state index in [1.165, 1.54) is 0 Å². The van der Waals surface area contributed by atoms with E-state index in [1.807, 2.05) is 0 Å². The Morgan fingerprint density at radius 1 is 1.30 bits per heavy atom. The first kappa shape index (κ1) is 11.8. The fraction of sp³-hybridized carbons (Fsp3) is 0.333. The molecule has 0 rings (SSSR count). The van der Waals surface area contributed by atoms with Gasteiger partial charge in [0.25, 0.3) is 5.78 Å². The number of carbonyl (C=O) groups is 2. The van der Waals surface area contributed by atoms with Crippen LogP contribution >= 0.6 is 7.68 Å². The minimum absolute atomic E-state index is 0. The van der Waals surface area contributed by atoms with E-state index >= 15 is 0 Å². The first-order chi connectivity index (χ1) is 4.04. The fourth-order valence-corrected chi connectivity index (χ4v) is 0.555. The Kier molecular flexibility index (Phi) is 5.69. The van der Waals surface area contributed by atoms with Crippen molar-refractivity contribution >= 4 is 19.4 Å². The quantitative estimate of drug-likeness (QED) is 0.427. The topological polar surface area (TPSA) is 120 Å². The van der Waals surface area contributed by atoms with Crippen molar-refractivity contribution in [1.82, 2.24) is 0 Å². The standard InChI is InChI=1S/C3H3O5P.H2O/c4-2(3(5)6)1-9(7)8;/h1H2,(H,5,6);1H2. The molecule has 0 spiro atoms. The highest BCUT2D eigenvalue weighted by Gasteiger charge is 2.12. The second kappa shape index (κ2) is 4.84. The van der Waals surface area contributed by atoms with Crippen molar-refractivity contribution in [3.8, 4) is 0 Å². The van der Waals surface area contributed by atoms with E-state index in [1.54, 1.807) is 0 Å². The highest BCUT2D eigenvalue weighted by Crippen LogP contribution is 2.00. The van der Waals surface area contributed by atoms with Gasteiger partial charge in [0, 0.05) is 0 Å². The summed E-state index contributed by atoms with van der Waals surface area (Å²) >= 11 is 0. The van der Waals surface area contributed by atoms with E-state index in [2.05, 4.69) is 0 Å². The van der Waals surface area contributed by atoms with Crippen molar-refractivity contribution in [3.05, 3.63) is 0 Å². The summed E-state index contributed by atoms with van der Waals surface area (Å²) in [6.45, 7) is 0. The predicted molar refractivity (Wildman–Crippen MR) is 29.4 cm³/mol. The van der Waals surface area contributed by atoms with Crippen molar-refractivity contribution < 1.29 is 29.3 Å². The summed E-state index contributed by atoms with van der Waals surface area (Å²) in [5.41, 5.74) is 0. The number of carbonyl (C=O) groups excluding carboxylic acids is 1. The molecule has 0 aliphatic heterocycles. The van der Waals surface area contributed by atoms with Gasteiger partial charge < -0.3 is 10.6 Å². The first-order valence-electron chi connectivity index (χ1n) is 1.92. The Morgan fingerprint density at radius 3 is 1.80 bits per heavy atom. The van der Waals surface area contributed by atoms with E-state index < -0.39 is 25.6 Å². The van der Waals surface area contributed by atoms with E-state index in [9.17, 15) is 18.7 Å². The summed E-state index contributed by atoms with van der Waals surface area (Å²) in [7, 11) is -2.90. The molecule has 0 aliphatic carbocycles. The Morgan fingerprint density at radius 2 is 1.70 bits per heavy atom. The van der Waals surface area contributed by atoms with Gasteiger partial charge in [-0.15, -0.1) is 0 Å². The first-order valence-corrected chi connectivity index (χ1v) is 3.28. The van der Waals surface area contributed by atoms with E-state index in [4.69, 9.17) is 5.11 Å². The average Bonchev–Trinajstić information content (AvgIpc) is 1.63. The molecule has 0 bridgehead atoms. The van der Waals surface area contributed by atoms with Crippen LogP contribution in [0.15, 0.2) is 0 Å². The number of hydrogen-bond acceptors (Lipinski definition) is 4. The second-order valence-electron chi connectivity index (χ2n) is 1.22. The molecule has 10 heavy (non-hydrogen) atoms. The number of carboxylic acid groups (broad SMARTS) is 1. The van der Waals surface area contributed by atoms with Crippen LogP contribution < -0.4 is 0 Å². The van der Waals surface area contributed by atoms with Crippen LogP contribution in [0.5, 0.6) is 0 Å². The summed E-state index contributed by atoms with van der Waals surface area (Å²) in [5.74, 6) is -3.01. The Hall–Kier alpha value is -1.00. The number of aliphatic carboxylic acids is 1. The van der Waals surface area contributed by atoms with Crippen LogP contribution in [-0.2, 0) is 18.7 Å². The van der Waals surface area contributed by atoms with Crippen LogP contribution in [0, 0.1) is 0 Å². The number of ketones is 1. The van der Waals surface area contributed by atoms with Crippen LogP contribution in [0.4, 0.5) is 0 Å². The third-order valence-electron chi connectivity index (χ3n) is 0.511. The summed E-state index contributed by atoms with van der Waals surface area (Å²) in [6, 6.07) is 0. The lowest BCUT2D eigenvalue weighted by molar-refractivity contribution is -0.147. The van der Waals surface area contributed by atoms with Crippen molar-refractivity contribution in [3.63, 3.8) is 0 Å². The number of carboxylic acids is 1. The maximum Gasteiger partial charge on any atom is 0.373 e. The van der Waals surface area contributed by atoms with Crippen LogP contribution in [0.2, 0.25) is 0 Å². The van der Waals surface area contributed by atoms with Gasteiger partial charge in [-0.1, -0.05) is 0 Å². The molecule has 6 nitrogen and oxygen atoms in total. The largest absolute Gasteiger partial charge is 0.475 e. The minimum Gasteiger partial charge on any atom is -0.475 e. The number of Topliss-reactive ketones (excluding diaryl/α,β-unsaturated/α-hetero) is 1. The monoisotopic (exact) mass is 168 g/mol. The third-order valence-corrected chi connectivity index (χ3v) is 1.06. The van der Waals surface area contributed by atoms with Crippen molar-refractivity contribution in [2.75, 3.05) is 6.16 Å². The Balaban J connectivity index is 0. The third kappa shape index (κ3) is 5.14. The molecule has 0 saturated carbocycles. The highest BCUT2D eigenvalue weighted by molar-refractivity contribution is 7.32. The minimum atomic E-state index is -2.90. The van der Waals surface area contributed by atoms with Crippen LogP contribution in [0.1, 0.15) is 0 Å². The molecule has 0 aromatic rings. The number of rotatable bonds is 3. The summed E-state index contributed by atoms with van der Waals surface area (Å²) < 4.78 is 19.3. The molecule has 0 unspecified atom stereocenters. The molecular weight excluding hydrogens is 163 g/mol. The lowest BCUT2D eigenvalue weighted by Crippen LogP contribution is -2.13. The van der Waals surface area contributed by atoms with Crippen molar-refractivity contribution in [1.29, 1.82) is 0 Å². The van der Waals surface area contributed by atoms with E-state index in [-0.39, 0.29) is 5.48 Å². The molecule has 0 aliphatic rings. The van der Waals surface area contributed by atoms with Gasteiger partial charge in [0.2, 0.25) is 0 Å². The smallest absolute Gasteiger partial charge is 0.373 e. The van der Waals surface area contributed by atoms with Crippen LogP contribution in [0.3, 0.4) is 0 Å². The lowest BCUT2D eigenvalue weighted by Gasteiger charge is -1.80. The normalized spacial score (nSPS) is 7.60. The van der Waals surface area contributed by atoms with Crippen LogP contribution in [0.25, 0.3) is 0 Å². The van der Waals surface area contributed by atoms with Crippen molar-refractivity contribution in [2.45, 2.75) is 0 Å². The molecule has 0 radical (unpaired) electrons. The van der Waals surface area contributed by atoms with Crippen molar-refractivity contribution in [2.24, 2.45) is 0 Å². The number of hydrogen-bond donors (Lipinski definition) is 1. The Labute approximate surface area is 56.0 Å². The maximum absolute atomic E-state index is 9.97. The molecule has 0 fully saturated rings. The molecule has 3 N–H and O–H groups in total. The van der Waals surface area contributed by atoms with Crippen LogP contribution in [-0.4, -0.2) is 28.5 Å². The zero-order valence-corrected chi connectivity index (χ0v) is 5.63. The summed E-state index contributed by atoms with van der Waals surface area (Å²) in [4.78, 5) is 19.6. The lowest BCUT2D eigenvalue weighted by atomic mass is 10.5. The van der Waals surface area contributed by atoms with Gasteiger partial charge >= 0.3 is 13.6 Å². The van der Waals surface area contributed by atoms with Gasteiger partial charge in [-0.3, -0.25) is 4.79 Å². The zero-order chi connectivity index (χ0) is 7.44. The fourth-order valence-electron chi connectivity index (χ4n) is 0.185. The predicted octanol–water partition coefficient (Wildman–Crippen LogP) is -1.01. The molecule has 0 aromatic heterocycles. The molecule has 0 saturated heterocycles. The average molecular weight is 168 g/mol. The van der Waals surface area contributed by atoms with E-state index in [0.717, 1.165) is 0 Å².